The van der Waals surface area contributed by atoms with Crippen LogP contribution >= 0.6 is 0 Å². The van der Waals surface area contributed by atoms with Gasteiger partial charge in [0.25, 0.3) is 0 Å². The van der Waals surface area contributed by atoms with Crippen molar-refractivity contribution in [2.45, 2.75) is 25.5 Å². The van der Waals surface area contributed by atoms with Gasteiger partial charge < -0.3 is 14.5 Å². The molecule has 1 atom stereocenters. The number of benzene rings is 1. The molecule has 5 rings (SSSR count). The van der Waals surface area contributed by atoms with Crippen molar-refractivity contribution in [2.24, 2.45) is 0 Å². The number of pyridine rings is 2. The number of methoxy groups -OCH3 is 1. The van der Waals surface area contributed by atoms with Crippen molar-refractivity contribution in [3.05, 3.63) is 58.9 Å². The van der Waals surface area contributed by atoms with E-state index in [9.17, 15) is 4.79 Å². The molecule has 1 aliphatic heterocycles. The molecule has 0 spiro atoms. The van der Waals surface area contributed by atoms with E-state index in [0.29, 0.717) is 13.2 Å². The van der Waals surface area contributed by atoms with Crippen LogP contribution in [-0.4, -0.2) is 39.8 Å². The summed E-state index contributed by atoms with van der Waals surface area (Å²) in [6.07, 6.45) is 5.47. The molecular weight excluding hydrogens is 368 g/mol. The first-order valence-electron chi connectivity index (χ1n) is 9.79. The molecule has 0 saturated carbocycles. The second kappa shape index (κ2) is 7.42. The van der Waals surface area contributed by atoms with Crippen LogP contribution in [0.1, 0.15) is 24.6 Å². The fourth-order valence-corrected chi connectivity index (χ4v) is 4.09. The lowest BCUT2D eigenvalue weighted by molar-refractivity contribution is 0.0595. The van der Waals surface area contributed by atoms with Crippen LogP contribution in [0.5, 0.6) is 0 Å². The maximum atomic E-state index is 12.7. The molecule has 1 saturated heterocycles. The minimum Gasteiger partial charge on any atom is -0.379 e. The summed E-state index contributed by atoms with van der Waals surface area (Å²) in [4.78, 5) is 24.7. The van der Waals surface area contributed by atoms with Crippen molar-refractivity contribution in [2.75, 3.05) is 20.3 Å². The fourth-order valence-electron chi connectivity index (χ4n) is 4.09. The van der Waals surface area contributed by atoms with Crippen LogP contribution in [0.2, 0.25) is 0 Å². The minimum absolute atomic E-state index is 0.0363. The van der Waals surface area contributed by atoms with Gasteiger partial charge >= 0.3 is 5.69 Å². The van der Waals surface area contributed by atoms with Gasteiger partial charge in [0, 0.05) is 30.9 Å². The molecule has 0 aliphatic carbocycles. The van der Waals surface area contributed by atoms with Crippen molar-refractivity contribution in [1.82, 2.24) is 19.5 Å². The van der Waals surface area contributed by atoms with E-state index in [4.69, 9.17) is 9.47 Å². The third-order valence-corrected chi connectivity index (χ3v) is 5.49. The minimum atomic E-state index is -0.110. The Morgan fingerprint density at radius 2 is 2.10 bits per heavy atom. The highest BCUT2D eigenvalue weighted by molar-refractivity contribution is 6.03. The summed E-state index contributed by atoms with van der Waals surface area (Å²) in [5.41, 5.74) is 5.31. The summed E-state index contributed by atoms with van der Waals surface area (Å²) >= 11 is 0. The van der Waals surface area contributed by atoms with Crippen LogP contribution in [-0.2, 0) is 16.1 Å². The Morgan fingerprint density at radius 1 is 1.21 bits per heavy atom. The van der Waals surface area contributed by atoms with Crippen LogP contribution in [0, 0.1) is 0 Å². The van der Waals surface area contributed by atoms with Crippen LogP contribution in [0.4, 0.5) is 0 Å². The van der Waals surface area contributed by atoms with E-state index >= 15 is 0 Å². The lowest BCUT2D eigenvalue weighted by Gasteiger charge is -2.23. The number of hydrogen-bond acceptors (Lipinski definition) is 5. The van der Waals surface area contributed by atoms with Gasteiger partial charge in [-0.3, -0.25) is 14.5 Å². The molecule has 0 amide bonds. The molecule has 0 bridgehead atoms. The lowest BCUT2D eigenvalue weighted by Crippen LogP contribution is -2.28. The number of ether oxygens (including phenoxy) is 2. The van der Waals surface area contributed by atoms with E-state index in [1.807, 2.05) is 35.0 Å². The van der Waals surface area contributed by atoms with Crippen molar-refractivity contribution in [3.63, 3.8) is 0 Å². The van der Waals surface area contributed by atoms with Gasteiger partial charge in [-0.1, -0.05) is 12.1 Å². The number of rotatable bonds is 4. The highest BCUT2D eigenvalue weighted by Crippen LogP contribution is 2.30. The van der Waals surface area contributed by atoms with Gasteiger partial charge in [-0.2, -0.15) is 0 Å². The van der Waals surface area contributed by atoms with E-state index in [0.717, 1.165) is 58.2 Å². The predicted molar refractivity (Wildman–Crippen MR) is 111 cm³/mol. The number of imidazole rings is 1. The summed E-state index contributed by atoms with van der Waals surface area (Å²) in [7, 11) is 1.66. The highest BCUT2D eigenvalue weighted by atomic mass is 16.5. The SMILES string of the molecule is COCc1ccc(-c2ccc3ncc4[nH]c(=O)n([C@H]5CCCOC5)c4c3c2)cn1. The fraction of sp³-hybridized carbons (Fsp3) is 0.318. The van der Waals surface area contributed by atoms with Gasteiger partial charge in [-0.05, 0) is 36.6 Å². The molecule has 7 heteroatoms. The molecule has 0 unspecified atom stereocenters. The predicted octanol–water partition coefficient (Wildman–Crippen LogP) is 3.44. The first kappa shape index (κ1) is 18.0. The Balaban J connectivity index is 1.67. The molecule has 4 aromatic rings. The Bertz CT molecular complexity index is 1220. The maximum Gasteiger partial charge on any atom is 0.326 e. The first-order chi connectivity index (χ1) is 14.2. The Morgan fingerprint density at radius 3 is 2.86 bits per heavy atom. The van der Waals surface area contributed by atoms with Gasteiger partial charge in [0.1, 0.15) is 0 Å². The summed E-state index contributed by atoms with van der Waals surface area (Å²) in [5.74, 6) is 0. The summed E-state index contributed by atoms with van der Waals surface area (Å²) < 4.78 is 12.6. The zero-order valence-corrected chi connectivity index (χ0v) is 16.2. The van der Waals surface area contributed by atoms with Gasteiger partial charge in [-0.25, -0.2) is 4.79 Å². The largest absolute Gasteiger partial charge is 0.379 e. The van der Waals surface area contributed by atoms with Crippen LogP contribution < -0.4 is 5.69 Å². The molecule has 0 radical (unpaired) electrons. The van der Waals surface area contributed by atoms with E-state index in [2.05, 4.69) is 21.0 Å². The summed E-state index contributed by atoms with van der Waals surface area (Å²) in [5, 5.41) is 0.949. The summed E-state index contributed by atoms with van der Waals surface area (Å²) in [6.45, 7) is 1.80. The number of nitrogens with zero attached hydrogens (tertiary/aromatic N) is 3. The van der Waals surface area contributed by atoms with Crippen molar-refractivity contribution >= 4 is 21.9 Å². The molecule has 1 aromatic carbocycles. The second-order valence-corrected chi connectivity index (χ2v) is 7.39. The van der Waals surface area contributed by atoms with E-state index in [-0.39, 0.29) is 11.7 Å². The zero-order chi connectivity index (χ0) is 19.8. The van der Waals surface area contributed by atoms with Crippen molar-refractivity contribution < 1.29 is 9.47 Å². The summed E-state index contributed by atoms with van der Waals surface area (Å²) in [6, 6.07) is 10.2. The van der Waals surface area contributed by atoms with Gasteiger partial charge in [0.15, 0.2) is 0 Å². The van der Waals surface area contributed by atoms with Crippen molar-refractivity contribution in [3.8, 4) is 11.1 Å². The van der Waals surface area contributed by atoms with Crippen LogP contribution in [0.15, 0.2) is 47.5 Å². The second-order valence-electron chi connectivity index (χ2n) is 7.39. The monoisotopic (exact) mass is 390 g/mol. The average Bonchev–Trinajstić information content (AvgIpc) is 3.11. The Hall–Kier alpha value is -3.03. The molecule has 29 heavy (non-hydrogen) atoms. The molecular formula is C22H22N4O3. The molecule has 148 valence electrons. The highest BCUT2D eigenvalue weighted by Gasteiger charge is 2.22. The number of fused-ring (bicyclic) bond motifs is 3. The van der Waals surface area contributed by atoms with Crippen LogP contribution in [0.25, 0.3) is 33.1 Å². The number of aromatic nitrogens is 4. The molecule has 1 N–H and O–H groups in total. The topological polar surface area (TPSA) is 82.0 Å². The third-order valence-electron chi connectivity index (χ3n) is 5.49. The molecule has 1 aliphatic rings. The lowest BCUT2D eigenvalue weighted by atomic mass is 10.0. The first-order valence-corrected chi connectivity index (χ1v) is 9.79. The molecule has 3 aromatic heterocycles. The average molecular weight is 390 g/mol. The van der Waals surface area contributed by atoms with E-state index in [1.165, 1.54) is 0 Å². The number of aromatic amines is 1. The van der Waals surface area contributed by atoms with E-state index < -0.39 is 0 Å². The number of hydrogen-bond donors (Lipinski definition) is 1. The van der Waals surface area contributed by atoms with Crippen molar-refractivity contribution in [1.29, 1.82) is 0 Å². The van der Waals surface area contributed by atoms with E-state index in [1.54, 1.807) is 13.3 Å². The Kier molecular flexibility index (Phi) is 4.61. The number of nitrogens with one attached hydrogen (secondary N) is 1. The van der Waals surface area contributed by atoms with Gasteiger partial charge in [0.05, 0.1) is 47.7 Å². The smallest absolute Gasteiger partial charge is 0.326 e. The van der Waals surface area contributed by atoms with Gasteiger partial charge in [0.2, 0.25) is 0 Å². The molecule has 7 nitrogen and oxygen atoms in total. The third kappa shape index (κ3) is 3.22. The zero-order valence-electron chi connectivity index (χ0n) is 16.2. The number of H-pyrrole nitrogens is 1. The Labute approximate surface area is 167 Å². The standard InChI is InChI=1S/C22H22N4O3/c1-28-12-16-6-4-15(10-23-16)14-5-7-19-18(9-14)21-20(11-24-19)25-22(27)26(21)17-3-2-8-29-13-17/h4-7,9-11,17H,2-3,8,12-13H2,1H3,(H,25,27)/t17-/m0/s1. The van der Waals surface area contributed by atoms with Gasteiger partial charge in [-0.15, -0.1) is 0 Å². The maximum absolute atomic E-state index is 12.7. The quantitative estimate of drug-likeness (QED) is 0.577. The van der Waals surface area contributed by atoms with Crippen LogP contribution in [0.3, 0.4) is 0 Å². The molecule has 4 heterocycles. The molecule has 1 fully saturated rings. The normalized spacial score (nSPS) is 17.2.